The molecule has 7 heteroatoms. The number of rotatable bonds is 5. The Morgan fingerprint density at radius 2 is 1.84 bits per heavy atom. The number of fused-ring (bicyclic) bond motifs is 1. The van der Waals surface area contributed by atoms with Crippen LogP contribution in [0, 0.1) is 0 Å². The van der Waals surface area contributed by atoms with Crippen molar-refractivity contribution in [3.8, 4) is 28.4 Å². The number of carbonyl (C=O) groups is 1. The molecular formula is C25H22N4O3. The summed E-state index contributed by atoms with van der Waals surface area (Å²) >= 11 is 0. The maximum atomic E-state index is 13.5. The van der Waals surface area contributed by atoms with Crippen LogP contribution in [0.25, 0.3) is 16.9 Å². The van der Waals surface area contributed by atoms with Gasteiger partial charge in [0.1, 0.15) is 18.9 Å². The van der Waals surface area contributed by atoms with Crippen LogP contribution in [0.4, 0.5) is 0 Å². The Morgan fingerprint density at radius 1 is 1.03 bits per heavy atom. The van der Waals surface area contributed by atoms with Crippen LogP contribution in [0.3, 0.4) is 0 Å². The van der Waals surface area contributed by atoms with Crippen LogP contribution in [0.1, 0.15) is 15.9 Å². The lowest BCUT2D eigenvalue weighted by Crippen LogP contribution is -2.26. The Balaban J connectivity index is 1.46. The Labute approximate surface area is 185 Å². The summed E-state index contributed by atoms with van der Waals surface area (Å²) in [6, 6.07) is 19.2. The molecule has 0 saturated carbocycles. The Kier molecular flexibility index (Phi) is 5.29. The molecule has 0 aliphatic carbocycles. The number of ether oxygens (including phenoxy) is 2. The van der Waals surface area contributed by atoms with Gasteiger partial charge in [-0.15, -0.1) is 0 Å². The first-order valence-electron chi connectivity index (χ1n) is 10.4. The smallest absolute Gasteiger partial charge is 0.257 e. The van der Waals surface area contributed by atoms with E-state index in [-0.39, 0.29) is 5.91 Å². The monoisotopic (exact) mass is 426 g/mol. The molecule has 0 bridgehead atoms. The number of amides is 1. The third kappa shape index (κ3) is 3.92. The van der Waals surface area contributed by atoms with Gasteiger partial charge in [0.25, 0.3) is 5.91 Å². The van der Waals surface area contributed by atoms with Crippen LogP contribution in [0.15, 0.2) is 79.3 Å². The van der Waals surface area contributed by atoms with Crippen LogP contribution in [0.2, 0.25) is 0 Å². The fraction of sp³-hybridized carbons (Fsp3) is 0.160. The molecule has 0 radical (unpaired) electrons. The van der Waals surface area contributed by atoms with E-state index in [1.54, 1.807) is 35.2 Å². The number of hydrogen-bond acceptors (Lipinski definition) is 5. The zero-order valence-corrected chi connectivity index (χ0v) is 17.6. The summed E-state index contributed by atoms with van der Waals surface area (Å²) < 4.78 is 13.0. The Hall–Kier alpha value is -4.13. The van der Waals surface area contributed by atoms with E-state index < -0.39 is 0 Å². The highest BCUT2D eigenvalue weighted by molar-refractivity contribution is 5.99. The third-order valence-corrected chi connectivity index (χ3v) is 5.27. The summed E-state index contributed by atoms with van der Waals surface area (Å²) in [4.78, 5) is 19.3. The average Bonchev–Trinajstić information content (AvgIpc) is 3.30. The van der Waals surface area contributed by atoms with Crippen molar-refractivity contribution in [2.24, 2.45) is 0 Å². The minimum Gasteiger partial charge on any atom is -0.486 e. The maximum absolute atomic E-state index is 13.5. The lowest BCUT2D eigenvalue weighted by atomic mass is 10.1. The second kappa shape index (κ2) is 8.55. The van der Waals surface area contributed by atoms with E-state index >= 15 is 0 Å². The molecular weight excluding hydrogens is 404 g/mol. The average molecular weight is 426 g/mol. The largest absolute Gasteiger partial charge is 0.486 e. The zero-order valence-electron chi connectivity index (χ0n) is 17.6. The molecule has 2 aromatic heterocycles. The topological polar surface area (TPSA) is 69.5 Å². The van der Waals surface area contributed by atoms with E-state index in [1.165, 1.54) is 0 Å². The predicted octanol–water partition coefficient (Wildman–Crippen LogP) is 3.98. The molecule has 0 N–H and O–H groups in total. The quantitative estimate of drug-likeness (QED) is 0.483. The number of nitrogens with zero attached hydrogens (tertiary/aromatic N) is 4. The molecule has 0 saturated heterocycles. The number of aromatic nitrogens is 3. The van der Waals surface area contributed by atoms with E-state index in [2.05, 4.69) is 4.98 Å². The Morgan fingerprint density at radius 3 is 2.62 bits per heavy atom. The second-order valence-electron chi connectivity index (χ2n) is 7.55. The SMILES string of the molecule is CN(Cc1ccc2c(c1)OCCO2)C(=O)c1cn(-c2ccccc2)nc1-c1cccnc1. The van der Waals surface area contributed by atoms with Gasteiger partial charge in [0.05, 0.1) is 11.3 Å². The minimum absolute atomic E-state index is 0.124. The number of carbonyl (C=O) groups excluding carboxylic acids is 1. The van der Waals surface area contributed by atoms with Gasteiger partial charge < -0.3 is 14.4 Å². The van der Waals surface area contributed by atoms with Gasteiger partial charge in [0.2, 0.25) is 0 Å². The molecule has 0 unspecified atom stereocenters. The van der Waals surface area contributed by atoms with E-state index in [9.17, 15) is 4.79 Å². The molecule has 32 heavy (non-hydrogen) atoms. The molecule has 2 aromatic carbocycles. The highest BCUT2D eigenvalue weighted by Gasteiger charge is 2.22. The van der Waals surface area contributed by atoms with Crippen molar-refractivity contribution in [2.75, 3.05) is 20.3 Å². The van der Waals surface area contributed by atoms with Crippen LogP contribution in [-0.2, 0) is 6.54 Å². The van der Waals surface area contributed by atoms with Gasteiger partial charge in [-0.3, -0.25) is 9.78 Å². The van der Waals surface area contributed by atoms with Crippen molar-refractivity contribution in [3.05, 3.63) is 90.4 Å². The van der Waals surface area contributed by atoms with Crippen LogP contribution in [0.5, 0.6) is 11.5 Å². The molecule has 1 aliphatic rings. The van der Waals surface area contributed by atoms with E-state index in [1.807, 2.05) is 60.7 Å². The summed E-state index contributed by atoms with van der Waals surface area (Å²) in [5.41, 5.74) is 3.75. The van der Waals surface area contributed by atoms with Gasteiger partial charge in [0.15, 0.2) is 11.5 Å². The lowest BCUT2D eigenvalue weighted by molar-refractivity contribution is 0.0785. The summed E-state index contributed by atoms with van der Waals surface area (Å²) in [6.45, 7) is 1.50. The molecule has 0 atom stereocenters. The number of para-hydroxylation sites is 1. The molecule has 3 heterocycles. The maximum Gasteiger partial charge on any atom is 0.257 e. The van der Waals surface area contributed by atoms with Crippen molar-refractivity contribution in [1.82, 2.24) is 19.7 Å². The van der Waals surface area contributed by atoms with Crippen molar-refractivity contribution >= 4 is 5.91 Å². The number of benzene rings is 2. The highest BCUT2D eigenvalue weighted by atomic mass is 16.6. The van der Waals surface area contributed by atoms with Crippen molar-refractivity contribution < 1.29 is 14.3 Å². The molecule has 4 aromatic rings. The van der Waals surface area contributed by atoms with Gasteiger partial charge in [0, 0.05) is 37.7 Å². The van der Waals surface area contributed by atoms with Gasteiger partial charge in [-0.05, 0) is 42.0 Å². The molecule has 0 fully saturated rings. The molecule has 160 valence electrons. The first-order valence-corrected chi connectivity index (χ1v) is 10.4. The lowest BCUT2D eigenvalue weighted by Gasteiger charge is -2.21. The molecule has 1 amide bonds. The molecule has 1 aliphatic heterocycles. The molecule has 7 nitrogen and oxygen atoms in total. The fourth-order valence-corrected chi connectivity index (χ4v) is 3.70. The highest BCUT2D eigenvalue weighted by Crippen LogP contribution is 2.31. The first kappa shape index (κ1) is 19.8. The molecule has 5 rings (SSSR count). The van der Waals surface area contributed by atoms with E-state index in [0.717, 1.165) is 22.6 Å². The summed E-state index contributed by atoms with van der Waals surface area (Å²) in [6.07, 6.45) is 5.20. The molecule has 0 spiro atoms. The van der Waals surface area contributed by atoms with E-state index in [4.69, 9.17) is 14.6 Å². The normalized spacial score (nSPS) is 12.4. The van der Waals surface area contributed by atoms with Crippen molar-refractivity contribution in [3.63, 3.8) is 0 Å². The summed E-state index contributed by atoms with van der Waals surface area (Å²) in [5.74, 6) is 1.32. The predicted molar refractivity (Wildman–Crippen MR) is 120 cm³/mol. The van der Waals surface area contributed by atoms with Gasteiger partial charge >= 0.3 is 0 Å². The number of pyridine rings is 1. The standard InChI is InChI=1S/C25H22N4O3/c1-28(16-18-9-10-22-23(14-18)32-13-12-31-22)25(30)21-17-29(20-7-3-2-4-8-20)27-24(21)19-6-5-11-26-15-19/h2-11,14-15,17H,12-13,16H2,1H3. The number of hydrogen-bond donors (Lipinski definition) is 0. The third-order valence-electron chi connectivity index (χ3n) is 5.27. The fourth-order valence-electron chi connectivity index (χ4n) is 3.70. The van der Waals surface area contributed by atoms with Gasteiger partial charge in [-0.25, -0.2) is 4.68 Å². The van der Waals surface area contributed by atoms with Crippen LogP contribution < -0.4 is 9.47 Å². The summed E-state index contributed by atoms with van der Waals surface area (Å²) in [5, 5.41) is 4.71. The minimum atomic E-state index is -0.124. The zero-order chi connectivity index (χ0) is 21.9. The van der Waals surface area contributed by atoms with Gasteiger partial charge in [-0.1, -0.05) is 24.3 Å². The summed E-state index contributed by atoms with van der Waals surface area (Å²) in [7, 11) is 1.78. The van der Waals surface area contributed by atoms with E-state index in [0.29, 0.717) is 36.8 Å². The Bertz CT molecular complexity index is 1240. The van der Waals surface area contributed by atoms with Gasteiger partial charge in [-0.2, -0.15) is 5.10 Å². The van der Waals surface area contributed by atoms with Crippen LogP contribution in [-0.4, -0.2) is 45.8 Å². The first-order chi connectivity index (χ1) is 15.7. The second-order valence-corrected chi connectivity index (χ2v) is 7.55. The van der Waals surface area contributed by atoms with Crippen molar-refractivity contribution in [1.29, 1.82) is 0 Å². The van der Waals surface area contributed by atoms with Crippen LogP contribution >= 0.6 is 0 Å². The van der Waals surface area contributed by atoms with Crippen molar-refractivity contribution in [2.45, 2.75) is 6.54 Å².